The van der Waals surface area contributed by atoms with Crippen LogP contribution in [0, 0.1) is 0 Å². The summed E-state index contributed by atoms with van der Waals surface area (Å²) in [6.07, 6.45) is 3.27. The topological polar surface area (TPSA) is 60.8 Å². The Balaban J connectivity index is 1.97. The molecule has 110 valence electrons. The van der Waals surface area contributed by atoms with Crippen molar-refractivity contribution in [1.29, 1.82) is 0 Å². The van der Waals surface area contributed by atoms with E-state index in [1.165, 1.54) is 0 Å². The van der Waals surface area contributed by atoms with E-state index in [0.29, 0.717) is 6.54 Å². The Hall–Kier alpha value is -1.39. The molecule has 0 bridgehead atoms. The van der Waals surface area contributed by atoms with Gasteiger partial charge in [0.2, 0.25) is 5.91 Å². The van der Waals surface area contributed by atoms with Gasteiger partial charge in [0.25, 0.3) is 0 Å². The third kappa shape index (κ3) is 3.58. The second-order valence-corrected chi connectivity index (χ2v) is 5.47. The predicted molar refractivity (Wildman–Crippen MR) is 78.5 cm³/mol. The van der Waals surface area contributed by atoms with E-state index < -0.39 is 12.2 Å². The molecule has 2 unspecified atom stereocenters. The molecular formula is C16H23NO3. The highest BCUT2D eigenvalue weighted by Crippen LogP contribution is 2.25. The lowest BCUT2D eigenvalue weighted by molar-refractivity contribution is -0.117. The first kappa shape index (κ1) is 15.0. The van der Waals surface area contributed by atoms with Gasteiger partial charge in [-0.25, -0.2) is 0 Å². The van der Waals surface area contributed by atoms with Crippen molar-refractivity contribution in [2.75, 3.05) is 11.4 Å². The van der Waals surface area contributed by atoms with Gasteiger partial charge in [-0.3, -0.25) is 4.79 Å². The van der Waals surface area contributed by atoms with Crippen LogP contribution in [0.3, 0.4) is 0 Å². The van der Waals surface area contributed by atoms with E-state index in [1.807, 2.05) is 24.3 Å². The fraction of sp³-hybridized carbons (Fsp3) is 0.562. The van der Waals surface area contributed by atoms with Crippen LogP contribution in [0.5, 0.6) is 0 Å². The molecule has 0 spiro atoms. The van der Waals surface area contributed by atoms with Crippen LogP contribution < -0.4 is 4.90 Å². The Bertz CT molecular complexity index is 444. The average Bonchev–Trinajstić information content (AvgIpc) is 2.78. The highest BCUT2D eigenvalue weighted by atomic mass is 16.3. The number of hydrogen-bond acceptors (Lipinski definition) is 3. The average molecular weight is 277 g/mol. The van der Waals surface area contributed by atoms with Gasteiger partial charge in [-0.15, -0.1) is 0 Å². The third-order valence-electron chi connectivity index (χ3n) is 3.78. The van der Waals surface area contributed by atoms with E-state index in [9.17, 15) is 15.0 Å². The van der Waals surface area contributed by atoms with Crippen molar-refractivity contribution >= 4 is 11.6 Å². The van der Waals surface area contributed by atoms with Crippen molar-refractivity contribution in [3.8, 4) is 0 Å². The summed E-state index contributed by atoms with van der Waals surface area (Å²) in [4.78, 5) is 13.3. The molecule has 1 amide bonds. The standard InChI is InChI=1S/C16H23NO3/c1-2-3-4-5-15(19)12-6-8-13(9-7-12)17-11-14(18)10-16(17)20/h6-9,14-15,18-19H,2-5,10-11H2,1H3. The lowest BCUT2D eigenvalue weighted by Gasteiger charge is -2.17. The Morgan fingerprint density at radius 2 is 2.00 bits per heavy atom. The van der Waals surface area contributed by atoms with E-state index in [-0.39, 0.29) is 12.3 Å². The molecule has 1 aliphatic rings. The molecule has 4 heteroatoms. The molecule has 1 saturated heterocycles. The maximum Gasteiger partial charge on any atom is 0.229 e. The minimum absolute atomic E-state index is 0.0475. The lowest BCUT2D eigenvalue weighted by atomic mass is 10.0. The van der Waals surface area contributed by atoms with Crippen LogP contribution in [0.15, 0.2) is 24.3 Å². The van der Waals surface area contributed by atoms with Gasteiger partial charge in [0.15, 0.2) is 0 Å². The fourth-order valence-electron chi connectivity index (χ4n) is 2.57. The Morgan fingerprint density at radius 3 is 2.55 bits per heavy atom. The summed E-state index contributed by atoms with van der Waals surface area (Å²) in [5.74, 6) is -0.0475. The third-order valence-corrected chi connectivity index (χ3v) is 3.78. The van der Waals surface area contributed by atoms with E-state index in [2.05, 4.69) is 6.92 Å². The second kappa shape index (κ2) is 6.86. The number of aliphatic hydroxyl groups excluding tert-OH is 2. The monoisotopic (exact) mass is 277 g/mol. The number of β-amino-alcohol motifs (C(OH)–C–C–N with tert-alkyl or cyclic N) is 1. The number of aliphatic hydroxyl groups is 2. The summed E-state index contributed by atoms with van der Waals surface area (Å²) in [6, 6.07) is 7.41. The molecule has 1 aromatic rings. The van der Waals surface area contributed by atoms with E-state index in [1.54, 1.807) is 4.90 Å². The first-order chi connectivity index (χ1) is 9.61. The molecule has 0 aromatic heterocycles. The SMILES string of the molecule is CCCCCC(O)c1ccc(N2CC(O)CC2=O)cc1. The van der Waals surface area contributed by atoms with Gasteiger partial charge in [-0.05, 0) is 24.1 Å². The zero-order chi connectivity index (χ0) is 14.5. The zero-order valence-electron chi connectivity index (χ0n) is 12.0. The lowest BCUT2D eigenvalue weighted by Crippen LogP contribution is -2.25. The molecule has 2 rings (SSSR count). The van der Waals surface area contributed by atoms with Crippen molar-refractivity contribution in [3.63, 3.8) is 0 Å². The molecule has 2 atom stereocenters. The number of benzene rings is 1. The summed E-state index contributed by atoms with van der Waals surface area (Å²) < 4.78 is 0. The van der Waals surface area contributed by atoms with Crippen molar-refractivity contribution in [2.45, 2.75) is 51.2 Å². The summed E-state index contributed by atoms with van der Waals surface area (Å²) in [6.45, 7) is 2.50. The number of rotatable bonds is 6. The summed E-state index contributed by atoms with van der Waals surface area (Å²) in [5, 5.41) is 19.6. The maximum absolute atomic E-state index is 11.7. The van der Waals surface area contributed by atoms with Gasteiger partial charge in [0, 0.05) is 5.69 Å². The Labute approximate surface area is 120 Å². The molecule has 1 aliphatic heterocycles. The van der Waals surface area contributed by atoms with Crippen molar-refractivity contribution in [2.24, 2.45) is 0 Å². The van der Waals surface area contributed by atoms with Crippen LogP contribution in [0.25, 0.3) is 0 Å². The van der Waals surface area contributed by atoms with E-state index >= 15 is 0 Å². The molecule has 1 aromatic carbocycles. The van der Waals surface area contributed by atoms with Crippen LogP contribution in [0.1, 0.15) is 50.7 Å². The molecular weight excluding hydrogens is 254 g/mol. The molecule has 0 saturated carbocycles. The number of hydrogen-bond donors (Lipinski definition) is 2. The van der Waals surface area contributed by atoms with Crippen LogP contribution in [0.4, 0.5) is 5.69 Å². The molecule has 1 heterocycles. The Morgan fingerprint density at radius 1 is 1.30 bits per heavy atom. The Kier molecular flexibility index (Phi) is 5.15. The zero-order valence-corrected chi connectivity index (χ0v) is 12.0. The second-order valence-electron chi connectivity index (χ2n) is 5.47. The summed E-state index contributed by atoms with van der Waals surface area (Å²) in [5.41, 5.74) is 1.67. The van der Waals surface area contributed by atoms with Gasteiger partial charge in [-0.2, -0.15) is 0 Å². The van der Waals surface area contributed by atoms with Crippen molar-refractivity contribution in [3.05, 3.63) is 29.8 Å². The van der Waals surface area contributed by atoms with Gasteiger partial charge in [-0.1, -0.05) is 38.3 Å². The number of nitrogens with zero attached hydrogens (tertiary/aromatic N) is 1. The first-order valence-electron chi connectivity index (χ1n) is 7.38. The molecule has 2 N–H and O–H groups in total. The molecule has 0 radical (unpaired) electrons. The number of unbranched alkanes of at least 4 members (excludes halogenated alkanes) is 2. The first-order valence-corrected chi connectivity index (χ1v) is 7.38. The highest BCUT2D eigenvalue weighted by Gasteiger charge is 2.28. The minimum Gasteiger partial charge on any atom is -0.391 e. The van der Waals surface area contributed by atoms with Crippen LogP contribution in [-0.2, 0) is 4.79 Å². The number of carbonyl (C=O) groups excluding carboxylic acids is 1. The fourth-order valence-corrected chi connectivity index (χ4v) is 2.57. The quantitative estimate of drug-likeness (QED) is 0.785. The van der Waals surface area contributed by atoms with Gasteiger partial charge >= 0.3 is 0 Å². The van der Waals surface area contributed by atoms with Gasteiger partial charge in [0.1, 0.15) is 0 Å². The number of amides is 1. The van der Waals surface area contributed by atoms with Crippen molar-refractivity contribution in [1.82, 2.24) is 0 Å². The van der Waals surface area contributed by atoms with Crippen LogP contribution in [0.2, 0.25) is 0 Å². The molecule has 20 heavy (non-hydrogen) atoms. The maximum atomic E-state index is 11.7. The number of anilines is 1. The summed E-state index contributed by atoms with van der Waals surface area (Å²) >= 11 is 0. The normalized spacial score (nSPS) is 20.4. The van der Waals surface area contributed by atoms with Gasteiger partial charge < -0.3 is 15.1 Å². The smallest absolute Gasteiger partial charge is 0.229 e. The number of carbonyl (C=O) groups is 1. The molecule has 1 fully saturated rings. The van der Waals surface area contributed by atoms with Crippen LogP contribution >= 0.6 is 0 Å². The van der Waals surface area contributed by atoms with Gasteiger partial charge in [0.05, 0.1) is 25.2 Å². The molecule has 4 nitrogen and oxygen atoms in total. The largest absolute Gasteiger partial charge is 0.391 e. The molecule has 0 aliphatic carbocycles. The highest BCUT2D eigenvalue weighted by molar-refractivity contribution is 5.96. The van der Waals surface area contributed by atoms with E-state index in [4.69, 9.17) is 0 Å². The minimum atomic E-state index is -0.568. The van der Waals surface area contributed by atoms with E-state index in [0.717, 1.165) is 36.9 Å². The predicted octanol–water partition coefficient (Wildman–Crippen LogP) is 2.40. The van der Waals surface area contributed by atoms with Crippen molar-refractivity contribution < 1.29 is 15.0 Å². The summed E-state index contributed by atoms with van der Waals surface area (Å²) in [7, 11) is 0. The van der Waals surface area contributed by atoms with Crippen LogP contribution in [-0.4, -0.2) is 28.8 Å².